The zero-order chi connectivity index (χ0) is 16.3. The van der Waals surface area contributed by atoms with Gasteiger partial charge in [0, 0.05) is 19.3 Å². The predicted molar refractivity (Wildman–Crippen MR) is 81.1 cm³/mol. The highest BCUT2D eigenvalue weighted by molar-refractivity contribution is 7.91. The van der Waals surface area contributed by atoms with Crippen LogP contribution in [0.4, 0.5) is 5.69 Å². The minimum absolute atomic E-state index is 0.0884. The molecular formula is C11H20N4O4S2. The van der Waals surface area contributed by atoms with Crippen molar-refractivity contribution in [3.05, 3.63) is 18.2 Å². The van der Waals surface area contributed by atoms with Crippen LogP contribution in [-0.2, 0) is 19.9 Å². The average molecular weight is 336 g/mol. The molecule has 0 unspecified atom stereocenters. The highest BCUT2D eigenvalue weighted by atomic mass is 32.2. The van der Waals surface area contributed by atoms with E-state index in [4.69, 9.17) is 5.84 Å². The van der Waals surface area contributed by atoms with Gasteiger partial charge in [0.1, 0.15) is 4.90 Å². The summed E-state index contributed by atoms with van der Waals surface area (Å²) in [6.45, 7) is 0.707. The number of sulfonamides is 1. The zero-order valence-electron chi connectivity index (χ0n) is 12.1. The van der Waals surface area contributed by atoms with Crippen LogP contribution in [0.25, 0.3) is 0 Å². The van der Waals surface area contributed by atoms with Gasteiger partial charge in [0.2, 0.25) is 10.0 Å². The molecule has 0 saturated heterocycles. The topological polar surface area (TPSA) is 122 Å². The van der Waals surface area contributed by atoms with E-state index in [1.165, 1.54) is 12.1 Å². The molecule has 0 radical (unpaired) electrons. The molecular weight excluding hydrogens is 316 g/mol. The lowest BCUT2D eigenvalue weighted by molar-refractivity contribution is 0.412. The number of nitrogens with zero attached hydrogens (tertiary/aromatic N) is 1. The monoisotopic (exact) mass is 336 g/mol. The van der Waals surface area contributed by atoms with Gasteiger partial charge in [-0.1, -0.05) is 0 Å². The van der Waals surface area contributed by atoms with Gasteiger partial charge in [-0.2, -0.15) is 0 Å². The van der Waals surface area contributed by atoms with Crippen LogP contribution < -0.4 is 16.0 Å². The summed E-state index contributed by atoms with van der Waals surface area (Å²) in [6, 6.07) is 3.70. The highest BCUT2D eigenvalue weighted by Gasteiger charge is 2.21. The summed E-state index contributed by atoms with van der Waals surface area (Å²) < 4.78 is 50.0. The Bertz CT molecular complexity index is 699. The molecule has 10 heteroatoms. The molecule has 1 aromatic carbocycles. The Morgan fingerprint density at radius 2 is 1.81 bits per heavy atom. The first kappa shape index (κ1) is 17.9. The molecule has 0 amide bonds. The Labute approximate surface area is 125 Å². The second-order valence-electron chi connectivity index (χ2n) is 4.78. The number of hydrazine groups is 1. The maximum atomic E-state index is 12.3. The van der Waals surface area contributed by atoms with Gasteiger partial charge in [0.25, 0.3) is 0 Å². The van der Waals surface area contributed by atoms with Gasteiger partial charge in [-0.25, -0.2) is 21.6 Å². The lowest BCUT2D eigenvalue weighted by Crippen LogP contribution is -2.32. The van der Waals surface area contributed by atoms with Gasteiger partial charge < -0.3 is 10.3 Å². The minimum atomic E-state index is -3.87. The predicted octanol–water partition coefficient (Wildman–Crippen LogP) is -0.784. The molecule has 0 spiro atoms. The van der Waals surface area contributed by atoms with Crippen LogP contribution in [0.2, 0.25) is 0 Å². The first-order valence-corrected chi connectivity index (χ1v) is 9.40. The molecule has 0 aliphatic carbocycles. The maximum Gasteiger partial charge on any atom is 0.242 e. The molecule has 120 valence electrons. The van der Waals surface area contributed by atoms with E-state index in [-0.39, 0.29) is 22.0 Å². The van der Waals surface area contributed by atoms with Gasteiger partial charge in [-0.15, -0.1) is 0 Å². The summed E-state index contributed by atoms with van der Waals surface area (Å²) >= 11 is 0. The molecule has 0 bridgehead atoms. The fourth-order valence-electron chi connectivity index (χ4n) is 1.56. The van der Waals surface area contributed by atoms with E-state index in [2.05, 4.69) is 10.1 Å². The van der Waals surface area contributed by atoms with Crippen molar-refractivity contribution in [1.82, 2.24) is 9.62 Å². The molecule has 1 rings (SSSR count). The average Bonchev–Trinajstić information content (AvgIpc) is 2.36. The van der Waals surface area contributed by atoms with Crippen molar-refractivity contribution >= 4 is 25.5 Å². The first-order chi connectivity index (χ1) is 9.58. The summed E-state index contributed by atoms with van der Waals surface area (Å²) in [5.41, 5.74) is 2.38. The van der Waals surface area contributed by atoms with Crippen molar-refractivity contribution in [3.8, 4) is 0 Å². The molecule has 8 nitrogen and oxygen atoms in total. The second-order valence-corrected chi connectivity index (χ2v) is 8.53. The summed E-state index contributed by atoms with van der Waals surface area (Å²) in [6.07, 6.45) is 1.01. The normalized spacial score (nSPS) is 12.6. The third-order valence-corrected chi connectivity index (χ3v) is 5.29. The van der Waals surface area contributed by atoms with Crippen molar-refractivity contribution in [2.75, 3.05) is 38.9 Å². The number of rotatable bonds is 7. The van der Waals surface area contributed by atoms with E-state index >= 15 is 0 Å². The van der Waals surface area contributed by atoms with E-state index in [1.54, 1.807) is 0 Å². The van der Waals surface area contributed by atoms with Crippen LogP contribution in [-0.4, -0.2) is 55.2 Å². The summed E-state index contributed by atoms with van der Waals surface area (Å²) in [4.78, 5) is 1.53. The van der Waals surface area contributed by atoms with Crippen molar-refractivity contribution in [2.24, 2.45) is 5.84 Å². The van der Waals surface area contributed by atoms with Crippen molar-refractivity contribution < 1.29 is 16.8 Å². The van der Waals surface area contributed by atoms with Crippen LogP contribution in [0.5, 0.6) is 0 Å². The Balaban J connectivity index is 3.20. The number of sulfone groups is 1. The van der Waals surface area contributed by atoms with Gasteiger partial charge in [0.05, 0.1) is 10.6 Å². The Kier molecular flexibility index (Phi) is 5.70. The molecule has 0 saturated carbocycles. The van der Waals surface area contributed by atoms with Gasteiger partial charge in [-0.3, -0.25) is 5.84 Å². The smallest absolute Gasteiger partial charge is 0.242 e. The SMILES string of the molecule is CN(C)CCNS(=O)(=O)c1cc(S(C)(=O)=O)ccc1NN. The zero-order valence-corrected chi connectivity index (χ0v) is 13.8. The number of hydrogen-bond donors (Lipinski definition) is 3. The lowest BCUT2D eigenvalue weighted by Gasteiger charge is -2.14. The number of nitrogens with one attached hydrogen (secondary N) is 2. The Hall–Kier alpha value is -1.20. The van der Waals surface area contributed by atoms with E-state index in [9.17, 15) is 16.8 Å². The number of nitrogens with two attached hydrogens (primary N) is 1. The molecule has 21 heavy (non-hydrogen) atoms. The van der Waals surface area contributed by atoms with Gasteiger partial charge in [0.15, 0.2) is 9.84 Å². The van der Waals surface area contributed by atoms with E-state index in [1.807, 2.05) is 19.0 Å². The van der Waals surface area contributed by atoms with Gasteiger partial charge >= 0.3 is 0 Å². The molecule has 0 aliphatic heterocycles. The summed E-state index contributed by atoms with van der Waals surface area (Å²) in [7, 11) is -3.76. The van der Waals surface area contributed by atoms with Crippen LogP contribution >= 0.6 is 0 Å². The Morgan fingerprint density at radius 3 is 2.29 bits per heavy atom. The second kappa shape index (κ2) is 6.71. The maximum absolute atomic E-state index is 12.3. The number of hydrogen-bond acceptors (Lipinski definition) is 7. The lowest BCUT2D eigenvalue weighted by atomic mass is 10.3. The molecule has 0 aromatic heterocycles. The highest BCUT2D eigenvalue weighted by Crippen LogP contribution is 2.24. The van der Waals surface area contributed by atoms with E-state index in [0.717, 1.165) is 12.3 Å². The van der Waals surface area contributed by atoms with Crippen molar-refractivity contribution in [2.45, 2.75) is 9.79 Å². The molecule has 1 aromatic rings. The molecule has 0 atom stereocenters. The third-order valence-electron chi connectivity index (χ3n) is 2.68. The molecule has 0 aliphatic rings. The molecule has 0 fully saturated rings. The summed E-state index contributed by atoms with van der Waals surface area (Å²) in [5, 5.41) is 0. The Morgan fingerprint density at radius 1 is 1.19 bits per heavy atom. The van der Waals surface area contributed by atoms with E-state index in [0.29, 0.717) is 6.54 Å². The number of nitrogen functional groups attached to an aromatic ring is 1. The largest absolute Gasteiger partial charge is 0.323 e. The fourth-order valence-corrected chi connectivity index (χ4v) is 3.49. The standard InChI is InChI=1S/C11H20N4O4S2/c1-15(2)7-6-13-21(18,19)11-8-9(20(3,16)17)4-5-10(11)14-12/h4-5,8,13-14H,6-7,12H2,1-3H3. The number of benzene rings is 1. The van der Waals surface area contributed by atoms with Crippen LogP contribution in [0, 0.1) is 0 Å². The van der Waals surface area contributed by atoms with E-state index < -0.39 is 19.9 Å². The van der Waals surface area contributed by atoms with Crippen LogP contribution in [0.3, 0.4) is 0 Å². The molecule has 0 heterocycles. The summed E-state index contributed by atoms with van der Waals surface area (Å²) in [5.74, 6) is 5.28. The fraction of sp³-hybridized carbons (Fsp3) is 0.455. The van der Waals surface area contributed by atoms with Crippen LogP contribution in [0.1, 0.15) is 0 Å². The quantitative estimate of drug-likeness (QED) is 0.441. The van der Waals surface area contributed by atoms with Crippen LogP contribution in [0.15, 0.2) is 28.0 Å². The van der Waals surface area contributed by atoms with Gasteiger partial charge in [-0.05, 0) is 32.3 Å². The van der Waals surface area contributed by atoms with Crippen molar-refractivity contribution in [1.29, 1.82) is 0 Å². The van der Waals surface area contributed by atoms with Crippen molar-refractivity contribution in [3.63, 3.8) is 0 Å². The number of likely N-dealkylation sites (N-methyl/N-ethyl adjacent to an activating group) is 1. The molecule has 4 N–H and O–H groups in total. The third kappa shape index (κ3) is 4.93. The number of anilines is 1. The first-order valence-electron chi connectivity index (χ1n) is 6.03. The minimum Gasteiger partial charge on any atom is -0.323 e.